The van der Waals surface area contributed by atoms with Gasteiger partial charge in [-0.15, -0.1) is 11.3 Å². The fraction of sp³-hybridized carbons (Fsp3) is 0.200. The summed E-state index contributed by atoms with van der Waals surface area (Å²) in [6.45, 7) is 7.91. The van der Waals surface area contributed by atoms with Crippen molar-refractivity contribution in [1.82, 2.24) is 0 Å². The molecule has 0 nitrogen and oxygen atoms in total. The van der Waals surface area contributed by atoms with E-state index in [1.54, 1.807) is 11.3 Å². The van der Waals surface area contributed by atoms with Gasteiger partial charge in [-0.2, -0.15) is 0 Å². The maximum Gasteiger partial charge on any atom is 0.0342 e. The van der Waals surface area contributed by atoms with Crippen LogP contribution in [0.25, 0.3) is 5.57 Å². The van der Waals surface area contributed by atoms with Gasteiger partial charge in [-0.1, -0.05) is 18.7 Å². The second-order valence-corrected chi connectivity index (χ2v) is 3.65. The number of aryl methyl sites for hydroxylation is 1. The van der Waals surface area contributed by atoms with E-state index in [1.165, 1.54) is 15.3 Å². The minimum absolute atomic E-state index is 1.23. The van der Waals surface area contributed by atoms with Crippen molar-refractivity contribution in [2.75, 3.05) is 0 Å². The molecule has 0 N–H and O–H groups in total. The minimum atomic E-state index is 1.23. The van der Waals surface area contributed by atoms with E-state index in [2.05, 4.69) is 31.7 Å². The van der Waals surface area contributed by atoms with Crippen LogP contribution in [0.5, 0.6) is 0 Å². The lowest BCUT2D eigenvalue weighted by Crippen LogP contribution is -1.69. The number of thiophene rings is 1. The topological polar surface area (TPSA) is 0 Å². The molecule has 1 rings (SSSR count). The van der Waals surface area contributed by atoms with Crippen LogP contribution in [-0.4, -0.2) is 0 Å². The van der Waals surface area contributed by atoms with Crippen LogP contribution in [0.3, 0.4) is 0 Å². The standard InChI is InChI=1S/C10H12S/c1-4-9(5-2)10-7-6-8(3)11-10/h4-7H,1H2,2-3H3. The van der Waals surface area contributed by atoms with E-state index in [0.29, 0.717) is 0 Å². The Morgan fingerprint density at radius 3 is 2.64 bits per heavy atom. The fourth-order valence-electron chi connectivity index (χ4n) is 0.950. The summed E-state index contributed by atoms with van der Waals surface area (Å²) in [5, 5.41) is 0. The number of hydrogen-bond acceptors (Lipinski definition) is 1. The van der Waals surface area contributed by atoms with Gasteiger partial charge >= 0.3 is 0 Å². The molecule has 1 aromatic rings. The smallest absolute Gasteiger partial charge is 0.0342 e. The molecule has 0 saturated heterocycles. The van der Waals surface area contributed by atoms with Crippen molar-refractivity contribution in [2.45, 2.75) is 13.8 Å². The zero-order chi connectivity index (χ0) is 8.27. The van der Waals surface area contributed by atoms with Crippen molar-refractivity contribution in [3.8, 4) is 0 Å². The minimum Gasteiger partial charge on any atom is -0.141 e. The molecule has 1 heteroatoms. The quantitative estimate of drug-likeness (QED) is 0.585. The van der Waals surface area contributed by atoms with Crippen LogP contribution in [0.2, 0.25) is 0 Å². The molecular formula is C10H12S. The Bertz CT molecular complexity index is 279. The molecule has 0 fully saturated rings. The van der Waals surface area contributed by atoms with Crippen molar-refractivity contribution < 1.29 is 0 Å². The molecule has 0 unspecified atom stereocenters. The lowest BCUT2D eigenvalue weighted by Gasteiger charge is -1.93. The Morgan fingerprint density at radius 2 is 2.27 bits per heavy atom. The molecule has 0 saturated carbocycles. The first kappa shape index (κ1) is 8.28. The number of hydrogen-bond donors (Lipinski definition) is 0. The average Bonchev–Trinajstić information content (AvgIpc) is 2.39. The van der Waals surface area contributed by atoms with Crippen molar-refractivity contribution in [3.63, 3.8) is 0 Å². The van der Waals surface area contributed by atoms with Crippen LogP contribution < -0.4 is 0 Å². The monoisotopic (exact) mass is 164 g/mol. The Kier molecular flexibility index (Phi) is 2.66. The maximum absolute atomic E-state index is 3.76. The third-order valence-electron chi connectivity index (χ3n) is 1.56. The summed E-state index contributed by atoms with van der Waals surface area (Å²) in [5.74, 6) is 0. The Hall–Kier alpha value is -0.820. The van der Waals surface area contributed by atoms with Gasteiger partial charge in [0.15, 0.2) is 0 Å². The van der Waals surface area contributed by atoms with E-state index in [1.807, 2.05) is 13.0 Å². The zero-order valence-corrected chi connectivity index (χ0v) is 7.74. The number of rotatable bonds is 2. The van der Waals surface area contributed by atoms with Crippen molar-refractivity contribution in [3.05, 3.63) is 40.6 Å². The van der Waals surface area contributed by atoms with Gasteiger partial charge in [-0.25, -0.2) is 0 Å². The lowest BCUT2D eigenvalue weighted by molar-refractivity contribution is 1.64. The largest absolute Gasteiger partial charge is 0.141 e. The van der Waals surface area contributed by atoms with Crippen molar-refractivity contribution in [1.29, 1.82) is 0 Å². The predicted octanol–water partition coefficient (Wildman–Crippen LogP) is 3.65. The number of allylic oxidation sites excluding steroid dienone is 3. The van der Waals surface area contributed by atoms with Gasteiger partial charge in [0.1, 0.15) is 0 Å². The van der Waals surface area contributed by atoms with E-state index < -0.39 is 0 Å². The summed E-state index contributed by atoms with van der Waals surface area (Å²) in [4.78, 5) is 2.65. The van der Waals surface area contributed by atoms with E-state index in [-0.39, 0.29) is 0 Å². The molecule has 1 aromatic heterocycles. The maximum atomic E-state index is 3.76. The fourth-order valence-corrected chi connectivity index (χ4v) is 1.89. The molecule has 11 heavy (non-hydrogen) atoms. The van der Waals surface area contributed by atoms with Gasteiger partial charge in [0.2, 0.25) is 0 Å². The first-order valence-corrected chi connectivity index (χ1v) is 4.45. The van der Waals surface area contributed by atoms with Crippen LogP contribution in [0.15, 0.2) is 30.9 Å². The lowest BCUT2D eigenvalue weighted by atomic mass is 10.2. The molecule has 0 amide bonds. The summed E-state index contributed by atoms with van der Waals surface area (Å²) < 4.78 is 0. The van der Waals surface area contributed by atoms with Gasteiger partial charge in [0, 0.05) is 9.75 Å². The highest BCUT2D eigenvalue weighted by Gasteiger charge is 1.97. The molecule has 58 valence electrons. The highest BCUT2D eigenvalue weighted by Crippen LogP contribution is 2.23. The molecule has 0 aliphatic rings. The van der Waals surface area contributed by atoms with E-state index in [0.717, 1.165) is 0 Å². The van der Waals surface area contributed by atoms with E-state index >= 15 is 0 Å². The highest BCUT2D eigenvalue weighted by molar-refractivity contribution is 7.13. The molecule has 1 heterocycles. The van der Waals surface area contributed by atoms with Crippen LogP contribution >= 0.6 is 11.3 Å². The van der Waals surface area contributed by atoms with Crippen LogP contribution in [0, 0.1) is 6.92 Å². The molecular weight excluding hydrogens is 152 g/mol. The van der Waals surface area contributed by atoms with Crippen LogP contribution in [0.1, 0.15) is 16.7 Å². The Labute approximate surface area is 71.9 Å². The SMILES string of the molecule is C=CC(=CC)c1ccc(C)s1. The first-order chi connectivity index (χ1) is 5.27. The van der Waals surface area contributed by atoms with Gasteiger partial charge in [0.05, 0.1) is 0 Å². The molecule has 0 aliphatic heterocycles. The summed E-state index contributed by atoms with van der Waals surface area (Å²) in [6, 6.07) is 4.27. The Balaban J connectivity index is 3.00. The third-order valence-corrected chi connectivity index (χ3v) is 2.61. The molecule has 0 aliphatic carbocycles. The molecule has 0 radical (unpaired) electrons. The van der Waals surface area contributed by atoms with Crippen molar-refractivity contribution >= 4 is 16.9 Å². The molecule has 0 bridgehead atoms. The predicted molar refractivity (Wildman–Crippen MR) is 52.9 cm³/mol. The molecule has 0 aromatic carbocycles. The first-order valence-electron chi connectivity index (χ1n) is 3.63. The molecule has 0 spiro atoms. The highest BCUT2D eigenvalue weighted by atomic mass is 32.1. The normalized spacial score (nSPS) is 11.6. The van der Waals surface area contributed by atoms with Crippen molar-refractivity contribution in [2.24, 2.45) is 0 Å². The van der Waals surface area contributed by atoms with Gasteiger partial charge in [-0.3, -0.25) is 0 Å². The second-order valence-electron chi connectivity index (χ2n) is 2.36. The third kappa shape index (κ3) is 1.81. The summed E-state index contributed by atoms with van der Waals surface area (Å²) in [5.41, 5.74) is 1.23. The molecule has 0 atom stereocenters. The van der Waals surface area contributed by atoms with Gasteiger partial charge < -0.3 is 0 Å². The summed E-state index contributed by atoms with van der Waals surface area (Å²) >= 11 is 1.81. The van der Waals surface area contributed by atoms with E-state index in [4.69, 9.17) is 0 Å². The van der Waals surface area contributed by atoms with Gasteiger partial charge in [0.25, 0.3) is 0 Å². The van der Waals surface area contributed by atoms with E-state index in [9.17, 15) is 0 Å². The summed E-state index contributed by atoms with van der Waals surface area (Å²) in [6.07, 6.45) is 3.98. The summed E-state index contributed by atoms with van der Waals surface area (Å²) in [7, 11) is 0. The average molecular weight is 164 g/mol. The van der Waals surface area contributed by atoms with Gasteiger partial charge in [-0.05, 0) is 31.6 Å². The Morgan fingerprint density at radius 1 is 1.55 bits per heavy atom. The second kappa shape index (κ2) is 3.54. The van der Waals surface area contributed by atoms with Crippen LogP contribution in [-0.2, 0) is 0 Å². The zero-order valence-electron chi connectivity index (χ0n) is 6.92. The van der Waals surface area contributed by atoms with Crippen LogP contribution in [0.4, 0.5) is 0 Å².